The summed E-state index contributed by atoms with van der Waals surface area (Å²) in [6.07, 6.45) is 3.79. The highest BCUT2D eigenvalue weighted by Crippen LogP contribution is 2.21. The molecule has 1 atom stereocenters. The van der Waals surface area contributed by atoms with Crippen molar-refractivity contribution in [3.63, 3.8) is 0 Å². The van der Waals surface area contributed by atoms with Gasteiger partial charge >= 0.3 is 0 Å². The minimum absolute atomic E-state index is 0.569. The minimum Gasteiger partial charge on any atom is -0.384 e. The second-order valence-electron chi connectivity index (χ2n) is 4.72. The molecule has 16 heavy (non-hydrogen) atoms. The highest BCUT2D eigenvalue weighted by atomic mass is 15.2. The summed E-state index contributed by atoms with van der Waals surface area (Å²) in [6.45, 7) is 6.38. The van der Waals surface area contributed by atoms with E-state index in [1.807, 2.05) is 13.0 Å². The van der Waals surface area contributed by atoms with E-state index in [1.165, 1.54) is 19.3 Å². The van der Waals surface area contributed by atoms with Gasteiger partial charge in [0.2, 0.25) is 0 Å². The van der Waals surface area contributed by atoms with Crippen LogP contribution in [0.25, 0.3) is 0 Å². The monoisotopic (exact) mass is 220 g/mol. The van der Waals surface area contributed by atoms with Crippen LogP contribution in [0.15, 0.2) is 6.07 Å². The number of aryl methyl sites for hydroxylation is 1. The van der Waals surface area contributed by atoms with Crippen LogP contribution in [0.5, 0.6) is 0 Å². The molecule has 0 amide bonds. The predicted octanol–water partition coefficient (Wildman–Crippen LogP) is 1.99. The summed E-state index contributed by atoms with van der Waals surface area (Å²) in [6, 6.07) is 1.88. The molecule has 4 nitrogen and oxygen atoms in total. The summed E-state index contributed by atoms with van der Waals surface area (Å²) in [5.74, 6) is 3.14. The lowest BCUT2D eigenvalue weighted by atomic mass is 10.0. The summed E-state index contributed by atoms with van der Waals surface area (Å²) in [4.78, 5) is 10.9. The molecule has 1 aromatic rings. The quantitative estimate of drug-likeness (QED) is 0.786. The SMILES string of the molecule is Cc1nc(N)cc(N2CCCC(C)CC2)n1. The topological polar surface area (TPSA) is 55.0 Å². The van der Waals surface area contributed by atoms with Gasteiger partial charge in [0.25, 0.3) is 0 Å². The highest BCUT2D eigenvalue weighted by molar-refractivity contribution is 5.46. The molecule has 1 unspecified atom stereocenters. The highest BCUT2D eigenvalue weighted by Gasteiger charge is 2.15. The smallest absolute Gasteiger partial charge is 0.134 e. The van der Waals surface area contributed by atoms with Gasteiger partial charge in [-0.05, 0) is 32.1 Å². The fraction of sp³-hybridized carbons (Fsp3) is 0.667. The molecule has 0 saturated carbocycles. The Hall–Kier alpha value is -1.32. The van der Waals surface area contributed by atoms with Crippen molar-refractivity contribution in [2.75, 3.05) is 23.7 Å². The molecule has 2 rings (SSSR count). The van der Waals surface area contributed by atoms with Crippen molar-refractivity contribution in [1.82, 2.24) is 9.97 Å². The summed E-state index contributed by atoms with van der Waals surface area (Å²) >= 11 is 0. The van der Waals surface area contributed by atoms with Gasteiger partial charge in [-0.15, -0.1) is 0 Å². The van der Waals surface area contributed by atoms with Crippen molar-refractivity contribution >= 4 is 11.6 Å². The van der Waals surface area contributed by atoms with E-state index in [9.17, 15) is 0 Å². The van der Waals surface area contributed by atoms with E-state index in [2.05, 4.69) is 21.8 Å². The molecule has 1 aliphatic heterocycles. The van der Waals surface area contributed by atoms with Crippen LogP contribution in [0.2, 0.25) is 0 Å². The van der Waals surface area contributed by atoms with Crippen molar-refractivity contribution in [1.29, 1.82) is 0 Å². The first-order valence-corrected chi connectivity index (χ1v) is 6.01. The van der Waals surface area contributed by atoms with Crippen LogP contribution < -0.4 is 10.6 Å². The molecule has 1 fully saturated rings. The van der Waals surface area contributed by atoms with Crippen LogP contribution in [0, 0.1) is 12.8 Å². The number of nitrogens with two attached hydrogens (primary N) is 1. The second-order valence-corrected chi connectivity index (χ2v) is 4.72. The Morgan fingerprint density at radius 2 is 2.12 bits per heavy atom. The number of hydrogen-bond acceptors (Lipinski definition) is 4. The Labute approximate surface area is 96.9 Å². The minimum atomic E-state index is 0.569. The fourth-order valence-corrected chi connectivity index (χ4v) is 2.23. The molecule has 1 aromatic heterocycles. The molecule has 2 N–H and O–H groups in total. The molecule has 0 bridgehead atoms. The standard InChI is InChI=1S/C12H20N4/c1-9-4-3-6-16(7-5-9)12-8-11(13)14-10(2)15-12/h8-9H,3-7H2,1-2H3,(H2,13,14,15). The van der Waals surface area contributed by atoms with E-state index in [0.717, 1.165) is 30.6 Å². The molecule has 0 aliphatic carbocycles. The summed E-state index contributed by atoms with van der Waals surface area (Å²) in [5.41, 5.74) is 5.75. The van der Waals surface area contributed by atoms with E-state index < -0.39 is 0 Å². The molecule has 1 aliphatic rings. The van der Waals surface area contributed by atoms with Gasteiger partial charge in [-0.3, -0.25) is 0 Å². The zero-order valence-electron chi connectivity index (χ0n) is 10.1. The third kappa shape index (κ3) is 2.62. The van der Waals surface area contributed by atoms with Crippen molar-refractivity contribution in [3.05, 3.63) is 11.9 Å². The third-order valence-corrected chi connectivity index (χ3v) is 3.19. The average Bonchev–Trinajstić information content (AvgIpc) is 2.41. The number of aromatic nitrogens is 2. The number of nitrogens with zero attached hydrogens (tertiary/aromatic N) is 3. The Bertz CT molecular complexity index is 344. The van der Waals surface area contributed by atoms with Gasteiger partial charge in [-0.25, -0.2) is 9.97 Å². The average molecular weight is 220 g/mol. The van der Waals surface area contributed by atoms with Crippen LogP contribution in [0.1, 0.15) is 32.0 Å². The number of rotatable bonds is 1. The first kappa shape index (κ1) is 11.2. The Morgan fingerprint density at radius 3 is 2.88 bits per heavy atom. The van der Waals surface area contributed by atoms with Crippen molar-refractivity contribution < 1.29 is 0 Å². The molecule has 88 valence electrons. The lowest BCUT2D eigenvalue weighted by Gasteiger charge is -2.21. The van der Waals surface area contributed by atoms with Gasteiger partial charge in [0.15, 0.2) is 0 Å². The van der Waals surface area contributed by atoms with Crippen LogP contribution in [-0.2, 0) is 0 Å². The Balaban J connectivity index is 2.16. The molecule has 0 aromatic carbocycles. The number of hydrogen-bond donors (Lipinski definition) is 1. The normalized spacial score (nSPS) is 21.9. The molecule has 0 spiro atoms. The molecule has 0 radical (unpaired) electrons. The Morgan fingerprint density at radius 1 is 1.31 bits per heavy atom. The number of nitrogen functional groups attached to an aromatic ring is 1. The Kier molecular flexibility index (Phi) is 3.27. The maximum atomic E-state index is 5.75. The number of anilines is 2. The summed E-state index contributed by atoms with van der Waals surface area (Å²) in [5, 5.41) is 0. The van der Waals surface area contributed by atoms with E-state index in [-0.39, 0.29) is 0 Å². The molecule has 1 saturated heterocycles. The zero-order valence-corrected chi connectivity index (χ0v) is 10.1. The van der Waals surface area contributed by atoms with Crippen molar-refractivity contribution in [3.8, 4) is 0 Å². The van der Waals surface area contributed by atoms with E-state index in [1.54, 1.807) is 0 Å². The lowest BCUT2D eigenvalue weighted by Crippen LogP contribution is -2.25. The lowest BCUT2D eigenvalue weighted by molar-refractivity contribution is 0.521. The van der Waals surface area contributed by atoms with Gasteiger partial charge in [0.05, 0.1) is 0 Å². The first-order chi connectivity index (χ1) is 7.65. The van der Waals surface area contributed by atoms with Crippen LogP contribution in [0.4, 0.5) is 11.6 Å². The molecular weight excluding hydrogens is 200 g/mol. The third-order valence-electron chi connectivity index (χ3n) is 3.19. The maximum Gasteiger partial charge on any atom is 0.134 e. The summed E-state index contributed by atoms with van der Waals surface area (Å²) in [7, 11) is 0. The van der Waals surface area contributed by atoms with Gasteiger partial charge in [0, 0.05) is 19.2 Å². The van der Waals surface area contributed by atoms with Crippen LogP contribution >= 0.6 is 0 Å². The predicted molar refractivity (Wildman–Crippen MR) is 66.4 cm³/mol. The van der Waals surface area contributed by atoms with Gasteiger partial charge in [-0.2, -0.15) is 0 Å². The van der Waals surface area contributed by atoms with E-state index in [0.29, 0.717) is 5.82 Å². The van der Waals surface area contributed by atoms with Crippen molar-refractivity contribution in [2.24, 2.45) is 5.92 Å². The first-order valence-electron chi connectivity index (χ1n) is 6.01. The van der Waals surface area contributed by atoms with Gasteiger partial charge in [0.1, 0.15) is 17.5 Å². The van der Waals surface area contributed by atoms with E-state index >= 15 is 0 Å². The second kappa shape index (κ2) is 4.68. The van der Waals surface area contributed by atoms with E-state index in [4.69, 9.17) is 5.73 Å². The maximum absolute atomic E-state index is 5.75. The largest absolute Gasteiger partial charge is 0.384 e. The van der Waals surface area contributed by atoms with Gasteiger partial charge < -0.3 is 10.6 Å². The zero-order chi connectivity index (χ0) is 11.5. The van der Waals surface area contributed by atoms with Crippen LogP contribution in [-0.4, -0.2) is 23.1 Å². The molecule has 2 heterocycles. The molecular formula is C12H20N4. The van der Waals surface area contributed by atoms with Crippen molar-refractivity contribution in [2.45, 2.75) is 33.1 Å². The van der Waals surface area contributed by atoms with Gasteiger partial charge in [-0.1, -0.05) is 6.92 Å². The molecule has 4 heteroatoms. The van der Waals surface area contributed by atoms with Crippen LogP contribution in [0.3, 0.4) is 0 Å². The fourth-order valence-electron chi connectivity index (χ4n) is 2.23. The summed E-state index contributed by atoms with van der Waals surface area (Å²) < 4.78 is 0.